The van der Waals surface area contributed by atoms with E-state index in [0.29, 0.717) is 5.76 Å². The highest BCUT2D eigenvalue weighted by Crippen LogP contribution is 2.42. The van der Waals surface area contributed by atoms with Gasteiger partial charge in [-0.3, -0.25) is 14.5 Å². The lowest BCUT2D eigenvalue weighted by molar-refractivity contribution is -0.144. The molecule has 0 N–H and O–H groups in total. The number of ether oxygens (including phenoxy) is 2. The van der Waals surface area contributed by atoms with Crippen LogP contribution >= 0.6 is 39.1 Å². The monoisotopic (exact) mass is 538 g/mol. The van der Waals surface area contributed by atoms with Crippen LogP contribution in [0.1, 0.15) is 12.0 Å². The molecule has 0 aliphatic carbocycles. The van der Waals surface area contributed by atoms with Crippen molar-refractivity contribution in [1.82, 2.24) is 4.90 Å². The molecule has 10 heteroatoms. The van der Waals surface area contributed by atoms with Gasteiger partial charge in [0.25, 0.3) is 5.91 Å². The molecule has 4 rings (SSSR count). The summed E-state index contributed by atoms with van der Waals surface area (Å²) in [4.78, 5) is 41.2. The third-order valence-corrected chi connectivity index (χ3v) is 6.24. The summed E-state index contributed by atoms with van der Waals surface area (Å²) in [5, 5.41) is 0.549. The quantitative estimate of drug-likeness (QED) is 0.384. The molecule has 1 saturated heterocycles. The molecule has 3 amide bonds. The van der Waals surface area contributed by atoms with E-state index in [4.69, 9.17) is 32.7 Å². The van der Waals surface area contributed by atoms with Crippen LogP contribution in [-0.4, -0.2) is 42.0 Å². The van der Waals surface area contributed by atoms with Gasteiger partial charge in [0.2, 0.25) is 0 Å². The SMILES string of the molecule is COC(=O)CC12C=C(OCc3ccc(Br)cc3)CN1C(=O)N(c1cc(Cl)cc(Cl)c1)C2=O. The number of benzene rings is 2. The van der Waals surface area contributed by atoms with Gasteiger partial charge in [0.1, 0.15) is 12.4 Å². The van der Waals surface area contributed by atoms with Crippen molar-refractivity contribution in [3.63, 3.8) is 0 Å². The van der Waals surface area contributed by atoms with Crippen molar-refractivity contribution in [1.29, 1.82) is 0 Å². The molecular formula is C22H17BrCl2N2O5. The van der Waals surface area contributed by atoms with E-state index in [1.54, 1.807) is 0 Å². The topological polar surface area (TPSA) is 76.2 Å². The van der Waals surface area contributed by atoms with Crippen LogP contribution in [0, 0.1) is 0 Å². The van der Waals surface area contributed by atoms with Crippen LogP contribution in [-0.2, 0) is 25.7 Å². The van der Waals surface area contributed by atoms with Gasteiger partial charge >= 0.3 is 12.0 Å². The van der Waals surface area contributed by atoms with Crippen molar-refractivity contribution >= 4 is 62.7 Å². The second-order valence-electron chi connectivity index (χ2n) is 7.34. The second kappa shape index (κ2) is 8.77. The maximum absolute atomic E-state index is 13.5. The second-order valence-corrected chi connectivity index (χ2v) is 9.13. The van der Waals surface area contributed by atoms with Gasteiger partial charge < -0.3 is 9.47 Å². The number of carbonyl (C=O) groups excluding carboxylic acids is 3. The number of urea groups is 1. The zero-order chi connectivity index (χ0) is 23.0. The van der Waals surface area contributed by atoms with Gasteiger partial charge in [-0.05, 0) is 42.0 Å². The molecule has 0 bridgehead atoms. The molecule has 0 saturated carbocycles. The summed E-state index contributed by atoms with van der Waals surface area (Å²) in [6.45, 7) is 0.278. The molecule has 0 spiro atoms. The number of hydrogen-bond acceptors (Lipinski definition) is 5. The Bertz CT molecular complexity index is 1120. The van der Waals surface area contributed by atoms with Crippen molar-refractivity contribution in [2.75, 3.05) is 18.6 Å². The number of amides is 3. The molecule has 2 aromatic carbocycles. The van der Waals surface area contributed by atoms with E-state index in [2.05, 4.69) is 15.9 Å². The van der Waals surface area contributed by atoms with Crippen LogP contribution in [0.5, 0.6) is 0 Å². The summed E-state index contributed by atoms with van der Waals surface area (Å²) >= 11 is 15.5. The van der Waals surface area contributed by atoms with Gasteiger partial charge in [-0.2, -0.15) is 0 Å². The first kappa shape index (κ1) is 22.6. The summed E-state index contributed by atoms with van der Waals surface area (Å²) in [7, 11) is 1.22. The van der Waals surface area contributed by atoms with Crippen LogP contribution in [0.25, 0.3) is 0 Å². The lowest BCUT2D eigenvalue weighted by Crippen LogP contribution is -2.46. The fourth-order valence-electron chi connectivity index (χ4n) is 3.76. The largest absolute Gasteiger partial charge is 0.492 e. The number of nitrogens with zero attached hydrogens (tertiary/aromatic N) is 2. The average molecular weight is 540 g/mol. The Morgan fingerprint density at radius 1 is 1.12 bits per heavy atom. The van der Waals surface area contributed by atoms with E-state index in [-0.39, 0.29) is 35.3 Å². The number of hydrogen-bond donors (Lipinski definition) is 0. The summed E-state index contributed by atoms with van der Waals surface area (Å²) in [6.07, 6.45) is 1.18. The molecule has 0 radical (unpaired) electrons. The van der Waals surface area contributed by atoms with E-state index in [0.717, 1.165) is 14.9 Å². The Balaban J connectivity index is 1.66. The predicted octanol–water partition coefficient (Wildman–Crippen LogP) is 4.94. The lowest BCUT2D eigenvalue weighted by Gasteiger charge is -2.25. The molecule has 32 heavy (non-hydrogen) atoms. The highest BCUT2D eigenvalue weighted by molar-refractivity contribution is 9.10. The predicted molar refractivity (Wildman–Crippen MR) is 122 cm³/mol. The third kappa shape index (κ3) is 4.10. The van der Waals surface area contributed by atoms with Crippen LogP contribution in [0.2, 0.25) is 10.0 Å². The number of anilines is 1. The molecule has 2 heterocycles. The lowest BCUT2D eigenvalue weighted by atomic mass is 9.95. The zero-order valence-electron chi connectivity index (χ0n) is 16.8. The number of fused-ring (bicyclic) bond motifs is 1. The van der Waals surface area contributed by atoms with E-state index in [9.17, 15) is 14.4 Å². The fourth-order valence-corrected chi connectivity index (χ4v) is 4.54. The fraction of sp³-hybridized carbons (Fsp3) is 0.227. The maximum atomic E-state index is 13.5. The Labute approximate surface area is 202 Å². The number of rotatable bonds is 6. The highest BCUT2D eigenvalue weighted by Gasteiger charge is 2.61. The third-order valence-electron chi connectivity index (χ3n) is 5.28. The minimum Gasteiger partial charge on any atom is -0.492 e. The molecule has 166 valence electrons. The minimum atomic E-state index is -1.55. The number of imide groups is 1. The van der Waals surface area contributed by atoms with E-state index in [1.165, 1.54) is 36.3 Å². The standard InChI is InChI=1S/C22H17BrCl2N2O5/c1-31-19(28)10-22-9-18(32-12-13-2-4-14(23)5-3-13)11-26(22)21(30)27(20(22)29)17-7-15(24)6-16(25)8-17/h2-9H,10-12H2,1H3. The summed E-state index contributed by atoms with van der Waals surface area (Å²) in [5.74, 6) is -0.816. The van der Waals surface area contributed by atoms with Crippen LogP contribution < -0.4 is 4.90 Å². The molecule has 1 fully saturated rings. The first-order valence-electron chi connectivity index (χ1n) is 9.51. The number of carbonyl (C=O) groups is 3. The summed E-state index contributed by atoms with van der Waals surface area (Å²) in [6, 6.07) is 11.4. The minimum absolute atomic E-state index is 0.0306. The van der Waals surface area contributed by atoms with Crippen molar-refractivity contribution in [2.24, 2.45) is 0 Å². The van der Waals surface area contributed by atoms with E-state index < -0.39 is 23.4 Å². The Morgan fingerprint density at radius 2 is 1.78 bits per heavy atom. The van der Waals surface area contributed by atoms with E-state index in [1.807, 2.05) is 24.3 Å². The molecule has 2 aliphatic heterocycles. The number of esters is 1. The Kier molecular flexibility index (Phi) is 6.20. The van der Waals surface area contributed by atoms with Crippen molar-refractivity contribution in [3.05, 3.63) is 74.4 Å². The van der Waals surface area contributed by atoms with Crippen LogP contribution in [0.3, 0.4) is 0 Å². The summed E-state index contributed by atoms with van der Waals surface area (Å²) < 4.78 is 11.6. The highest BCUT2D eigenvalue weighted by atomic mass is 79.9. The van der Waals surface area contributed by atoms with Crippen molar-refractivity contribution in [2.45, 2.75) is 18.6 Å². The van der Waals surface area contributed by atoms with Gasteiger partial charge in [-0.15, -0.1) is 0 Å². The van der Waals surface area contributed by atoms with Gasteiger partial charge in [0.05, 0.1) is 25.8 Å². The number of methoxy groups -OCH3 is 1. The van der Waals surface area contributed by atoms with Crippen molar-refractivity contribution in [3.8, 4) is 0 Å². The molecule has 0 aromatic heterocycles. The van der Waals surface area contributed by atoms with Crippen molar-refractivity contribution < 1.29 is 23.9 Å². The zero-order valence-corrected chi connectivity index (χ0v) is 19.9. The van der Waals surface area contributed by atoms with Crippen LogP contribution in [0.4, 0.5) is 10.5 Å². The van der Waals surface area contributed by atoms with Gasteiger partial charge in [0.15, 0.2) is 5.54 Å². The Morgan fingerprint density at radius 3 is 2.41 bits per heavy atom. The average Bonchev–Trinajstić information content (AvgIpc) is 3.20. The molecule has 1 unspecified atom stereocenters. The molecule has 2 aromatic rings. The molecule has 2 aliphatic rings. The number of halogens is 3. The summed E-state index contributed by atoms with van der Waals surface area (Å²) in [5.41, 5.74) is -0.411. The van der Waals surface area contributed by atoms with Gasteiger partial charge in [-0.1, -0.05) is 51.3 Å². The first-order chi connectivity index (χ1) is 15.2. The van der Waals surface area contributed by atoms with E-state index >= 15 is 0 Å². The normalized spacial score (nSPS) is 19.8. The maximum Gasteiger partial charge on any atom is 0.333 e. The first-order valence-corrected chi connectivity index (χ1v) is 11.1. The molecular weight excluding hydrogens is 523 g/mol. The van der Waals surface area contributed by atoms with Gasteiger partial charge in [-0.25, -0.2) is 9.69 Å². The van der Waals surface area contributed by atoms with Gasteiger partial charge in [0, 0.05) is 14.5 Å². The van der Waals surface area contributed by atoms with Crippen LogP contribution in [0.15, 0.2) is 58.8 Å². The Hall–Kier alpha value is -2.55. The molecule has 7 nitrogen and oxygen atoms in total. The molecule has 1 atom stereocenters. The smallest absolute Gasteiger partial charge is 0.333 e.